The van der Waals surface area contributed by atoms with Crippen molar-refractivity contribution in [2.24, 2.45) is 5.92 Å². The van der Waals surface area contributed by atoms with Crippen LogP contribution in [0.1, 0.15) is 19.8 Å². The molecule has 1 atom stereocenters. The average Bonchev–Trinajstić information content (AvgIpc) is 3.26. The van der Waals surface area contributed by atoms with E-state index in [1.807, 2.05) is 0 Å². The summed E-state index contributed by atoms with van der Waals surface area (Å²) in [7, 11) is 1.60. The number of rotatable bonds is 6. The Labute approximate surface area is 123 Å². The smallest absolute Gasteiger partial charge is 0.321 e. The van der Waals surface area contributed by atoms with Gasteiger partial charge in [-0.25, -0.2) is 9.18 Å². The molecule has 0 radical (unpaired) electrons. The highest BCUT2D eigenvalue weighted by Crippen LogP contribution is 2.32. The van der Waals surface area contributed by atoms with Crippen molar-refractivity contribution in [2.45, 2.75) is 25.9 Å². The third-order valence-electron chi connectivity index (χ3n) is 3.46. The van der Waals surface area contributed by atoms with Gasteiger partial charge in [-0.2, -0.15) is 0 Å². The van der Waals surface area contributed by atoms with Crippen LogP contribution in [0.15, 0.2) is 18.2 Å². The van der Waals surface area contributed by atoms with E-state index in [1.165, 1.54) is 17.0 Å². The molecule has 1 unspecified atom stereocenters. The number of amides is 2. The Morgan fingerprint density at radius 1 is 1.57 bits per heavy atom. The van der Waals surface area contributed by atoms with Crippen LogP contribution < -0.4 is 10.1 Å². The van der Waals surface area contributed by atoms with Gasteiger partial charge in [-0.15, -0.1) is 0 Å². The van der Waals surface area contributed by atoms with Gasteiger partial charge in [0.15, 0.2) is 11.6 Å². The Balaban J connectivity index is 1.90. The van der Waals surface area contributed by atoms with Crippen LogP contribution in [0.25, 0.3) is 0 Å². The molecule has 2 N–H and O–H groups in total. The minimum absolute atomic E-state index is 0.160. The number of ether oxygens (including phenoxy) is 1. The summed E-state index contributed by atoms with van der Waals surface area (Å²) in [6.07, 6.45) is 1.54. The van der Waals surface area contributed by atoms with E-state index in [9.17, 15) is 14.3 Å². The van der Waals surface area contributed by atoms with Gasteiger partial charge in [-0.05, 0) is 37.8 Å². The summed E-state index contributed by atoms with van der Waals surface area (Å²) in [5, 5.41) is 12.4. The van der Waals surface area contributed by atoms with Crippen LogP contribution in [0.3, 0.4) is 0 Å². The number of urea groups is 1. The van der Waals surface area contributed by atoms with Crippen LogP contribution in [0.2, 0.25) is 0 Å². The van der Waals surface area contributed by atoms with Crippen LogP contribution in [0.4, 0.5) is 14.9 Å². The predicted molar refractivity (Wildman–Crippen MR) is 77.9 cm³/mol. The number of carbonyl (C=O) groups excluding carboxylic acids is 1. The van der Waals surface area contributed by atoms with Crippen molar-refractivity contribution in [1.29, 1.82) is 0 Å². The maximum Gasteiger partial charge on any atom is 0.321 e. The van der Waals surface area contributed by atoms with E-state index in [2.05, 4.69) is 5.32 Å². The number of carbonyl (C=O) groups is 1. The molecule has 0 bridgehead atoms. The molecule has 2 amide bonds. The van der Waals surface area contributed by atoms with Gasteiger partial charge in [0.1, 0.15) is 0 Å². The van der Waals surface area contributed by atoms with Crippen LogP contribution >= 0.6 is 0 Å². The number of benzene rings is 1. The third kappa shape index (κ3) is 4.32. The zero-order valence-electron chi connectivity index (χ0n) is 12.3. The van der Waals surface area contributed by atoms with Gasteiger partial charge in [0.2, 0.25) is 0 Å². The number of anilines is 1. The minimum atomic E-state index is -0.518. The highest BCUT2D eigenvalue weighted by molar-refractivity contribution is 5.89. The molecule has 1 fully saturated rings. The number of aliphatic hydroxyl groups is 1. The first-order valence-electron chi connectivity index (χ1n) is 7.13. The first-order chi connectivity index (χ1) is 10.0. The fraction of sp³-hybridized carbons (Fsp3) is 0.533. The monoisotopic (exact) mass is 296 g/mol. The van der Waals surface area contributed by atoms with Crippen LogP contribution in [-0.2, 0) is 0 Å². The summed E-state index contributed by atoms with van der Waals surface area (Å²) in [4.78, 5) is 13.4. The van der Waals surface area contributed by atoms with Gasteiger partial charge in [-0.1, -0.05) is 0 Å². The Morgan fingerprint density at radius 3 is 2.86 bits per heavy atom. The van der Waals surface area contributed by atoms with Gasteiger partial charge >= 0.3 is 6.03 Å². The largest absolute Gasteiger partial charge is 0.491 e. The molecule has 0 spiro atoms. The topological polar surface area (TPSA) is 61.8 Å². The fourth-order valence-corrected chi connectivity index (χ4v) is 2.06. The molecule has 1 aliphatic rings. The van der Waals surface area contributed by atoms with Crippen molar-refractivity contribution in [2.75, 3.05) is 25.5 Å². The second-order valence-corrected chi connectivity index (χ2v) is 5.29. The lowest BCUT2D eigenvalue weighted by atomic mass is 10.2. The standard InChI is InChI=1S/C15H21FN2O3/c1-3-21-14-7-6-11(8-12(14)16)17-15(20)18(2)9-13(19)10-4-5-10/h6-8,10,13,19H,3-5,9H2,1-2H3,(H,17,20). The van der Waals surface area contributed by atoms with Crippen molar-refractivity contribution >= 4 is 11.7 Å². The van der Waals surface area contributed by atoms with Gasteiger partial charge < -0.3 is 20.1 Å². The van der Waals surface area contributed by atoms with E-state index in [-0.39, 0.29) is 18.3 Å². The normalized spacial score (nSPS) is 15.4. The van der Waals surface area contributed by atoms with Gasteiger partial charge in [0.05, 0.1) is 12.7 Å². The zero-order chi connectivity index (χ0) is 15.4. The molecule has 5 nitrogen and oxygen atoms in total. The molecule has 21 heavy (non-hydrogen) atoms. The van der Waals surface area contributed by atoms with Crippen molar-refractivity contribution < 1.29 is 19.0 Å². The average molecular weight is 296 g/mol. The first-order valence-corrected chi connectivity index (χ1v) is 7.13. The van der Waals surface area contributed by atoms with E-state index >= 15 is 0 Å². The summed E-state index contributed by atoms with van der Waals surface area (Å²) >= 11 is 0. The second-order valence-electron chi connectivity index (χ2n) is 5.29. The highest BCUT2D eigenvalue weighted by Gasteiger charge is 2.31. The van der Waals surface area contributed by atoms with E-state index in [1.54, 1.807) is 20.0 Å². The first kappa shape index (κ1) is 15.6. The molecule has 0 saturated heterocycles. The number of likely N-dealkylation sites (N-methyl/N-ethyl adjacent to an activating group) is 1. The Morgan fingerprint density at radius 2 is 2.29 bits per heavy atom. The zero-order valence-corrected chi connectivity index (χ0v) is 12.3. The van der Waals surface area contributed by atoms with Crippen molar-refractivity contribution in [1.82, 2.24) is 4.90 Å². The maximum absolute atomic E-state index is 13.7. The predicted octanol–water partition coefficient (Wildman–Crippen LogP) is 2.46. The summed E-state index contributed by atoms with van der Waals surface area (Å²) in [6.45, 7) is 2.43. The lowest BCUT2D eigenvalue weighted by Crippen LogP contribution is -2.38. The SMILES string of the molecule is CCOc1ccc(NC(=O)N(C)CC(O)C2CC2)cc1F. The quantitative estimate of drug-likeness (QED) is 0.847. The van der Waals surface area contributed by atoms with Crippen molar-refractivity contribution in [3.8, 4) is 5.75 Å². The van der Waals surface area contributed by atoms with Crippen LogP contribution in [0.5, 0.6) is 5.75 Å². The van der Waals surface area contributed by atoms with Crippen LogP contribution in [-0.4, -0.2) is 42.3 Å². The number of nitrogens with zero attached hydrogens (tertiary/aromatic N) is 1. The third-order valence-corrected chi connectivity index (χ3v) is 3.46. The fourth-order valence-electron chi connectivity index (χ4n) is 2.06. The summed E-state index contributed by atoms with van der Waals surface area (Å²) in [5.41, 5.74) is 0.355. The molecule has 0 aliphatic heterocycles. The minimum Gasteiger partial charge on any atom is -0.491 e. The molecular formula is C15H21FN2O3. The Bertz CT molecular complexity index is 506. The van der Waals surface area contributed by atoms with Crippen molar-refractivity contribution in [3.05, 3.63) is 24.0 Å². The summed E-state index contributed by atoms with van der Waals surface area (Å²) in [5.74, 6) is -0.0495. The lowest BCUT2D eigenvalue weighted by molar-refractivity contribution is 0.117. The number of hydrogen-bond donors (Lipinski definition) is 2. The summed E-state index contributed by atoms with van der Waals surface area (Å²) < 4.78 is 18.8. The van der Waals surface area contributed by atoms with E-state index in [0.29, 0.717) is 18.2 Å². The number of aliphatic hydroxyl groups excluding tert-OH is 1. The molecule has 1 saturated carbocycles. The molecule has 0 heterocycles. The van der Waals surface area contributed by atoms with Crippen LogP contribution in [0, 0.1) is 11.7 Å². The molecule has 1 aromatic rings. The maximum atomic E-state index is 13.7. The highest BCUT2D eigenvalue weighted by atomic mass is 19.1. The van der Waals surface area contributed by atoms with Crippen molar-refractivity contribution in [3.63, 3.8) is 0 Å². The molecule has 6 heteroatoms. The number of nitrogens with one attached hydrogen (secondary N) is 1. The second kappa shape index (κ2) is 6.76. The van der Waals surface area contributed by atoms with E-state index < -0.39 is 11.9 Å². The summed E-state index contributed by atoms with van der Waals surface area (Å²) in [6, 6.07) is 3.90. The lowest BCUT2D eigenvalue weighted by Gasteiger charge is -2.21. The molecule has 1 aliphatic carbocycles. The van der Waals surface area contributed by atoms with Gasteiger partial charge in [0.25, 0.3) is 0 Å². The number of halogens is 1. The Kier molecular flexibility index (Phi) is 5.01. The molecule has 1 aromatic carbocycles. The molecular weight excluding hydrogens is 275 g/mol. The van der Waals surface area contributed by atoms with E-state index in [0.717, 1.165) is 12.8 Å². The molecule has 0 aromatic heterocycles. The molecule has 116 valence electrons. The van der Waals surface area contributed by atoms with E-state index in [4.69, 9.17) is 4.74 Å². The Hall–Kier alpha value is -1.82. The number of hydrogen-bond acceptors (Lipinski definition) is 3. The van der Waals surface area contributed by atoms with Gasteiger partial charge in [0, 0.05) is 25.3 Å². The molecule has 2 rings (SSSR count). The van der Waals surface area contributed by atoms with Gasteiger partial charge in [-0.3, -0.25) is 0 Å².